The van der Waals surface area contributed by atoms with Crippen LogP contribution in [0.3, 0.4) is 0 Å². The van der Waals surface area contributed by atoms with Gasteiger partial charge in [0.2, 0.25) is 0 Å². The van der Waals surface area contributed by atoms with E-state index in [1.165, 1.54) is 7.11 Å². The average molecular weight is 235 g/mol. The van der Waals surface area contributed by atoms with Gasteiger partial charge in [0.1, 0.15) is 4.33 Å². The van der Waals surface area contributed by atoms with Crippen molar-refractivity contribution in [1.82, 2.24) is 0 Å². The fraction of sp³-hybridized carbons (Fsp3) is 0.700. The molecule has 4 heteroatoms. The minimum Gasteiger partial charge on any atom is -0.469 e. The fourth-order valence-electron chi connectivity index (χ4n) is 2.28. The van der Waals surface area contributed by atoms with E-state index in [0.29, 0.717) is 0 Å². The van der Waals surface area contributed by atoms with E-state index in [1.54, 1.807) is 6.08 Å². The van der Waals surface area contributed by atoms with Crippen LogP contribution in [-0.2, 0) is 9.53 Å². The first-order valence-electron chi connectivity index (χ1n) is 4.61. The van der Waals surface area contributed by atoms with Crippen molar-refractivity contribution in [2.75, 3.05) is 7.11 Å². The van der Waals surface area contributed by atoms with Crippen LogP contribution in [-0.4, -0.2) is 17.4 Å². The monoisotopic (exact) mass is 234 g/mol. The number of alkyl halides is 2. The molecule has 2 nitrogen and oxygen atoms in total. The molecule has 2 fully saturated rings. The predicted molar refractivity (Wildman–Crippen MR) is 55.2 cm³/mol. The van der Waals surface area contributed by atoms with Gasteiger partial charge in [0.25, 0.3) is 0 Å². The van der Waals surface area contributed by atoms with Crippen LogP contribution in [0.2, 0.25) is 0 Å². The third-order valence-electron chi connectivity index (χ3n) is 3.22. The smallest absolute Gasteiger partial charge is 0.309 e. The first kappa shape index (κ1) is 10.3. The zero-order valence-corrected chi connectivity index (χ0v) is 9.39. The second kappa shape index (κ2) is 3.14. The number of methoxy groups -OCH3 is 1. The van der Waals surface area contributed by atoms with Gasteiger partial charge in [-0.1, -0.05) is 6.08 Å². The molecule has 78 valence electrons. The predicted octanol–water partition coefficient (Wildman–Crippen LogP) is 2.40. The number of carbonyl (C=O) groups excluding carboxylic acids is 1. The Hall–Kier alpha value is -0.210. The van der Waals surface area contributed by atoms with Gasteiger partial charge in [0, 0.05) is 0 Å². The maximum atomic E-state index is 11.3. The van der Waals surface area contributed by atoms with E-state index in [-0.39, 0.29) is 29.6 Å². The Kier molecular flexibility index (Phi) is 2.31. The number of carbonyl (C=O) groups is 1. The SMILES string of the molecule is C=C[C@H]1[C@H](C(=O)OC)[C@H]1[C@H]1CC1(Cl)Cl. The summed E-state index contributed by atoms with van der Waals surface area (Å²) in [5.74, 6) is 0.442. The second-order valence-corrected chi connectivity index (χ2v) is 5.55. The molecule has 0 amide bonds. The Morgan fingerprint density at radius 2 is 2.21 bits per heavy atom. The van der Waals surface area contributed by atoms with Gasteiger partial charge in [-0.05, 0) is 24.2 Å². The third-order valence-corrected chi connectivity index (χ3v) is 4.09. The van der Waals surface area contributed by atoms with Crippen molar-refractivity contribution in [1.29, 1.82) is 0 Å². The summed E-state index contributed by atoms with van der Waals surface area (Å²) >= 11 is 11.9. The number of hydrogen-bond donors (Lipinski definition) is 0. The van der Waals surface area contributed by atoms with Crippen LogP contribution in [0.4, 0.5) is 0 Å². The summed E-state index contributed by atoms with van der Waals surface area (Å²) in [7, 11) is 1.40. The van der Waals surface area contributed by atoms with Gasteiger partial charge in [-0.15, -0.1) is 29.8 Å². The van der Waals surface area contributed by atoms with Crippen molar-refractivity contribution in [3.05, 3.63) is 12.7 Å². The fourth-order valence-corrected chi connectivity index (χ4v) is 2.91. The molecule has 0 heterocycles. The van der Waals surface area contributed by atoms with Crippen molar-refractivity contribution in [3.63, 3.8) is 0 Å². The van der Waals surface area contributed by atoms with Crippen molar-refractivity contribution < 1.29 is 9.53 Å². The first-order valence-corrected chi connectivity index (χ1v) is 5.36. The molecule has 14 heavy (non-hydrogen) atoms. The third kappa shape index (κ3) is 1.45. The number of hydrogen-bond acceptors (Lipinski definition) is 2. The standard InChI is InChI=1S/C10H12Cl2O2/c1-3-5-7(6-4-10(6,11)12)8(5)9(13)14-2/h3,5-8H,1,4H2,2H3/t5-,6-,7-,8+/m1/s1. The number of esters is 1. The van der Waals surface area contributed by atoms with Gasteiger partial charge in [-0.2, -0.15) is 0 Å². The molecule has 0 bridgehead atoms. The highest BCUT2D eigenvalue weighted by Gasteiger charge is 2.68. The van der Waals surface area contributed by atoms with Gasteiger partial charge in [0.05, 0.1) is 13.0 Å². The Labute approximate surface area is 93.2 Å². The molecule has 0 N–H and O–H groups in total. The van der Waals surface area contributed by atoms with Crippen molar-refractivity contribution >= 4 is 29.2 Å². The van der Waals surface area contributed by atoms with Gasteiger partial charge in [-0.3, -0.25) is 4.79 Å². The Morgan fingerprint density at radius 1 is 1.64 bits per heavy atom. The molecule has 0 saturated heterocycles. The lowest BCUT2D eigenvalue weighted by atomic mass is 10.2. The van der Waals surface area contributed by atoms with E-state index in [4.69, 9.17) is 27.9 Å². The molecule has 0 aromatic heterocycles. The van der Waals surface area contributed by atoms with E-state index in [1.807, 2.05) is 0 Å². The first-order chi connectivity index (χ1) is 6.53. The lowest BCUT2D eigenvalue weighted by Gasteiger charge is -1.97. The van der Waals surface area contributed by atoms with E-state index in [2.05, 4.69) is 6.58 Å². The molecule has 2 saturated carbocycles. The Morgan fingerprint density at radius 3 is 2.57 bits per heavy atom. The minimum absolute atomic E-state index is 0.0677. The maximum absolute atomic E-state index is 11.3. The molecule has 2 aliphatic carbocycles. The Bertz CT molecular complexity index is 288. The number of halogens is 2. The largest absolute Gasteiger partial charge is 0.469 e. The summed E-state index contributed by atoms with van der Waals surface area (Å²) in [6.07, 6.45) is 2.58. The van der Waals surface area contributed by atoms with Crippen LogP contribution >= 0.6 is 23.2 Å². The second-order valence-electron chi connectivity index (χ2n) is 4.01. The van der Waals surface area contributed by atoms with Crippen LogP contribution < -0.4 is 0 Å². The highest BCUT2D eigenvalue weighted by molar-refractivity contribution is 6.50. The summed E-state index contributed by atoms with van der Waals surface area (Å²) in [6.45, 7) is 3.70. The summed E-state index contributed by atoms with van der Waals surface area (Å²) in [5.41, 5.74) is 0. The number of allylic oxidation sites excluding steroid dienone is 1. The van der Waals surface area contributed by atoms with Crippen molar-refractivity contribution in [3.8, 4) is 0 Å². The van der Waals surface area contributed by atoms with E-state index in [0.717, 1.165) is 6.42 Å². The van der Waals surface area contributed by atoms with Crippen LogP contribution in [0.15, 0.2) is 12.7 Å². The highest BCUT2D eigenvalue weighted by atomic mass is 35.5. The zero-order valence-electron chi connectivity index (χ0n) is 7.87. The van der Waals surface area contributed by atoms with Gasteiger partial charge in [0.15, 0.2) is 0 Å². The molecule has 0 spiro atoms. The molecule has 4 atom stereocenters. The zero-order chi connectivity index (χ0) is 10.5. The minimum atomic E-state index is -0.616. The molecular weight excluding hydrogens is 223 g/mol. The van der Waals surface area contributed by atoms with Gasteiger partial charge < -0.3 is 4.74 Å². The molecule has 0 aromatic rings. The molecule has 0 unspecified atom stereocenters. The lowest BCUT2D eigenvalue weighted by molar-refractivity contribution is -0.142. The van der Waals surface area contributed by atoms with E-state index >= 15 is 0 Å². The van der Waals surface area contributed by atoms with Crippen LogP contribution in [0.25, 0.3) is 0 Å². The summed E-state index contributed by atoms with van der Waals surface area (Å²) in [5, 5.41) is 0. The normalized spacial score (nSPS) is 42.8. The van der Waals surface area contributed by atoms with Gasteiger partial charge >= 0.3 is 5.97 Å². The number of ether oxygens (including phenoxy) is 1. The molecule has 2 rings (SSSR count). The average Bonchev–Trinajstić information content (AvgIpc) is 2.98. The van der Waals surface area contributed by atoms with Crippen LogP contribution in [0.5, 0.6) is 0 Å². The summed E-state index contributed by atoms with van der Waals surface area (Å²) in [6, 6.07) is 0. The van der Waals surface area contributed by atoms with Crippen molar-refractivity contribution in [2.45, 2.75) is 10.8 Å². The topological polar surface area (TPSA) is 26.3 Å². The molecule has 0 aliphatic heterocycles. The lowest BCUT2D eigenvalue weighted by Crippen LogP contribution is -2.06. The molecular formula is C10H12Cl2O2. The molecule has 0 radical (unpaired) electrons. The quantitative estimate of drug-likeness (QED) is 0.426. The van der Waals surface area contributed by atoms with E-state index in [9.17, 15) is 4.79 Å². The van der Waals surface area contributed by atoms with Gasteiger partial charge in [-0.25, -0.2) is 0 Å². The number of rotatable bonds is 3. The molecule has 0 aromatic carbocycles. The summed E-state index contributed by atoms with van der Waals surface area (Å²) < 4.78 is 4.09. The van der Waals surface area contributed by atoms with Crippen LogP contribution in [0.1, 0.15) is 6.42 Å². The van der Waals surface area contributed by atoms with E-state index < -0.39 is 4.33 Å². The summed E-state index contributed by atoms with van der Waals surface area (Å²) in [4.78, 5) is 11.3. The van der Waals surface area contributed by atoms with Crippen LogP contribution in [0, 0.1) is 23.7 Å². The van der Waals surface area contributed by atoms with Crippen molar-refractivity contribution in [2.24, 2.45) is 23.7 Å². The highest BCUT2D eigenvalue weighted by Crippen LogP contribution is 2.68. The maximum Gasteiger partial charge on any atom is 0.309 e. The molecule has 2 aliphatic rings. The Balaban J connectivity index is 2.02.